The molecule has 2 amide bonds. The Balaban J connectivity index is 1.32. The zero-order chi connectivity index (χ0) is 25.4. The molecule has 1 fully saturated rings. The Morgan fingerprint density at radius 1 is 1.25 bits per heavy atom. The lowest BCUT2D eigenvalue weighted by molar-refractivity contribution is 0.199. The SMILES string of the molecule is CC(C)Oc1ccc(-c2nc(-c3cccc4c3CC[C@@H]4NC(=O)N3CC[C@@H](N(C)C)C3)no2)cc1N. The molecule has 0 radical (unpaired) electrons. The van der Waals surface area contributed by atoms with Gasteiger partial charge in [0, 0.05) is 30.3 Å². The third kappa shape index (κ3) is 4.75. The molecule has 0 unspecified atom stereocenters. The number of likely N-dealkylation sites (N-methyl/N-ethyl adjacent to an activating group) is 1. The van der Waals surface area contributed by atoms with Crippen LogP contribution in [0.4, 0.5) is 10.5 Å². The summed E-state index contributed by atoms with van der Waals surface area (Å²) in [6.07, 6.45) is 2.73. The molecule has 36 heavy (non-hydrogen) atoms. The molecule has 1 saturated heterocycles. The molecular weight excluding hydrogens is 456 g/mol. The number of likely N-dealkylation sites (tertiary alicyclic amines) is 1. The number of hydrogen-bond acceptors (Lipinski definition) is 7. The second kappa shape index (κ2) is 9.81. The Morgan fingerprint density at radius 3 is 2.81 bits per heavy atom. The number of aromatic nitrogens is 2. The summed E-state index contributed by atoms with van der Waals surface area (Å²) in [5.74, 6) is 1.56. The fourth-order valence-electron chi connectivity index (χ4n) is 5.09. The lowest BCUT2D eigenvalue weighted by Gasteiger charge is -2.23. The van der Waals surface area contributed by atoms with Crippen LogP contribution in [-0.2, 0) is 6.42 Å². The van der Waals surface area contributed by atoms with E-state index in [1.807, 2.05) is 43.0 Å². The molecule has 9 heteroatoms. The normalized spacial score (nSPS) is 19.2. The topological polar surface area (TPSA) is 110 Å². The summed E-state index contributed by atoms with van der Waals surface area (Å²) in [5.41, 5.74) is 10.6. The van der Waals surface area contributed by atoms with Crippen molar-refractivity contribution in [2.75, 3.05) is 32.9 Å². The number of urea groups is 1. The number of ether oxygens (including phenoxy) is 1. The molecule has 2 heterocycles. The molecule has 2 atom stereocenters. The summed E-state index contributed by atoms with van der Waals surface area (Å²) < 4.78 is 11.3. The molecule has 2 aromatic carbocycles. The van der Waals surface area contributed by atoms with E-state index in [1.165, 1.54) is 0 Å². The summed E-state index contributed by atoms with van der Waals surface area (Å²) in [7, 11) is 4.13. The molecule has 2 aliphatic rings. The van der Waals surface area contributed by atoms with E-state index in [2.05, 4.69) is 40.5 Å². The average molecular weight is 491 g/mol. The molecule has 9 nitrogen and oxygen atoms in total. The number of fused-ring (bicyclic) bond motifs is 1. The molecule has 0 saturated carbocycles. The molecule has 1 aromatic heterocycles. The van der Waals surface area contributed by atoms with Crippen LogP contribution in [-0.4, -0.2) is 65.3 Å². The van der Waals surface area contributed by atoms with Crippen LogP contribution in [0.5, 0.6) is 5.75 Å². The molecule has 190 valence electrons. The molecule has 3 aromatic rings. The van der Waals surface area contributed by atoms with E-state index in [1.54, 1.807) is 6.07 Å². The van der Waals surface area contributed by atoms with Crippen LogP contribution in [0.15, 0.2) is 40.9 Å². The van der Waals surface area contributed by atoms with E-state index in [-0.39, 0.29) is 18.2 Å². The monoisotopic (exact) mass is 490 g/mol. The van der Waals surface area contributed by atoms with E-state index in [9.17, 15) is 4.79 Å². The molecule has 0 spiro atoms. The van der Waals surface area contributed by atoms with E-state index in [0.29, 0.717) is 29.2 Å². The highest BCUT2D eigenvalue weighted by atomic mass is 16.5. The van der Waals surface area contributed by atoms with Crippen LogP contribution >= 0.6 is 0 Å². The molecule has 1 aliphatic carbocycles. The Kier molecular flexibility index (Phi) is 6.57. The van der Waals surface area contributed by atoms with Gasteiger partial charge in [0.2, 0.25) is 5.82 Å². The summed E-state index contributed by atoms with van der Waals surface area (Å²) in [6, 6.07) is 12.0. The first-order valence-electron chi connectivity index (χ1n) is 12.5. The zero-order valence-corrected chi connectivity index (χ0v) is 21.3. The van der Waals surface area contributed by atoms with Gasteiger partial charge in [0.15, 0.2) is 0 Å². The highest BCUT2D eigenvalue weighted by Gasteiger charge is 2.32. The van der Waals surface area contributed by atoms with Crippen molar-refractivity contribution in [3.8, 4) is 28.6 Å². The second-order valence-electron chi connectivity index (χ2n) is 10.1. The van der Waals surface area contributed by atoms with E-state index in [0.717, 1.165) is 54.6 Å². The van der Waals surface area contributed by atoms with Crippen molar-refractivity contribution < 1.29 is 14.1 Å². The van der Waals surface area contributed by atoms with Gasteiger partial charge < -0.3 is 30.1 Å². The largest absolute Gasteiger partial charge is 0.489 e. The van der Waals surface area contributed by atoms with Crippen LogP contribution in [0.2, 0.25) is 0 Å². The standard InChI is InChI=1S/C27H34N6O3/c1-16(2)35-24-11-8-17(14-22(24)28)26-30-25(31-36-26)21-7-5-6-20-19(21)9-10-23(20)29-27(34)33-13-12-18(15-33)32(3)4/h5-8,11,14,16,18,23H,9-10,12-13,15,28H2,1-4H3,(H,29,34)/t18-,23+/m1/s1. The minimum absolute atomic E-state index is 0.00642. The van der Waals surface area contributed by atoms with Crippen LogP contribution in [0.25, 0.3) is 22.8 Å². The average Bonchev–Trinajstić information content (AvgIpc) is 3.60. The maximum absolute atomic E-state index is 12.9. The number of rotatable bonds is 6. The highest BCUT2D eigenvalue weighted by Crippen LogP contribution is 2.38. The first-order valence-corrected chi connectivity index (χ1v) is 12.5. The smallest absolute Gasteiger partial charge is 0.317 e. The van der Waals surface area contributed by atoms with Gasteiger partial charge in [-0.15, -0.1) is 0 Å². The van der Waals surface area contributed by atoms with Crippen LogP contribution in [0.1, 0.15) is 43.9 Å². The Bertz CT molecular complexity index is 1250. The second-order valence-corrected chi connectivity index (χ2v) is 10.1. The maximum Gasteiger partial charge on any atom is 0.317 e. The number of nitrogens with two attached hydrogens (primary N) is 1. The van der Waals surface area contributed by atoms with Crippen molar-refractivity contribution in [3.05, 3.63) is 47.5 Å². The van der Waals surface area contributed by atoms with Gasteiger partial charge in [-0.1, -0.05) is 23.4 Å². The van der Waals surface area contributed by atoms with Gasteiger partial charge in [0.1, 0.15) is 5.75 Å². The number of nitrogen functional groups attached to an aromatic ring is 1. The molecule has 5 rings (SSSR count). The van der Waals surface area contributed by atoms with E-state index < -0.39 is 0 Å². The quantitative estimate of drug-likeness (QED) is 0.501. The van der Waals surface area contributed by atoms with Gasteiger partial charge in [-0.3, -0.25) is 0 Å². The summed E-state index contributed by atoms with van der Waals surface area (Å²) in [5, 5.41) is 7.51. The number of nitrogens with one attached hydrogen (secondary N) is 1. The first-order chi connectivity index (χ1) is 17.3. The number of anilines is 1. The first kappa shape index (κ1) is 24.1. The van der Waals surface area contributed by atoms with E-state index in [4.69, 9.17) is 15.0 Å². The van der Waals surface area contributed by atoms with Gasteiger partial charge in [0.25, 0.3) is 5.89 Å². The lowest BCUT2D eigenvalue weighted by Crippen LogP contribution is -2.41. The van der Waals surface area contributed by atoms with Crippen LogP contribution in [0.3, 0.4) is 0 Å². The minimum Gasteiger partial charge on any atom is -0.489 e. The third-order valence-electron chi connectivity index (χ3n) is 7.04. The minimum atomic E-state index is -0.0227. The molecular formula is C27H34N6O3. The van der Waals surface area contributed by atoms with Gasteiger partial charge in [0.05, 0.1) is 17.8 Å². The molecule has 1 aliphatic heterocycles. The predicted molar refractivity (Wildman–Crippen MR) is 139 cm³/mol. The van der Waals surface area contributed by atoms with Crippen LogP contribution in [0, 0.1) is 0 Å². The number of hydrogen-bond donors (Lipinski definition) is 2. The van der Waals surface area contributed by atoms with Crippen molar-refractivity contribution in [1.29, 1.82) is 0 Å². The summed E-state index contributed by atoms with van der Waals surface area (Å²) in [6.45, 7) is 5.46. The van der Waals surface area contributed by atoms with E-state index >= 15 is 0 Å². The molecule has 0 bridgehead atoms. The van der Waals surface area contributed by atoms with Crippen molar-refractivity contribution in [1.82, 2.24) is 25.3 Å². The zero-order valence-electron chi connectivity index (χ0n) is 21.3. The van der Waals surface area contributed by atoms with Crippen molar-refractivity contribution in [2.24, 2.45) is 0 Å². The summed E-state index contributed by atoms with van der Waals surface area (Å²) >= 11 is 0. The summed E-state index contributed by atoms with van der Waals surface area (Å²) in [4.78, 5) is 21.7. The molecule has 3 N–H and O–H groups in total. The van der Waals surface area contributed by atoms with Gasteiger partial charge >= 0.3 is 6.03 Å². The lowest BCUT2D eigenvalue weighted by atomic mass is 10.0. The van der Waals surface area contributed by atoms with Gasteiger partial charge in [-0.05, 0) is 76.5 Å². The highest BCUT2D eigenvalue weighted by molar-refractivity contribution is 5.76. The Hall–Kier alpha value is -3.59. The number of carbonyl (C=O) groups is 1. The number of nitrogens with zero attached hydrogens (tertiary/aromatic N) is 4. The third-order valence-corrected chi connectivity index (χ3v) is 7.04. The Morgan fingerprint density at radius 2 is 2.08 bits per heavy atom. The number of benzene rings is 2. The van der Waals surface area contributed by atoms with Gasteiger partial charge in [-0.2, -0.15) is 4.98 Å². The maximum atomic E-state index is 12.9. The predicted octanol–water partition coefficient (Wildman–Crippen LogP) is 4.11. The van der Waals surface area contributed by atoms with Crippen molar-refractivity contribution >= 4 is 11.7 Å². The van der Waals surface area contributed by atoms with Crippen LogP contribution < -0.4 is 15.8 Å². The van der Waals surface area contributed by atoms with Crippen molar-refractivity contribution in [3.63, 3.8) is 0 Å². The fraction of sp³-hybridized carbons (Fsp3) is 0.444. The fourth-order valence-corrected chi connectivity index (χ4v) is 5.09. The number of amides is 2. The number of carbonyl (C=O) groups excluding carboxylic acids is 1. The van der Waals surface area contributed by atoms with Crippen molar-refractivity contribution in [2.45, 2.75) is 51.3 Å². The Labute approximate surface area is 211 Å². The van der Waals surface area contributed by atoms with Gasteiger partial charge in [-0.25, -0.2) is 4.79 Å².